The molecule has 3 N–H and O–H groups in total. The molecule has 0 unspecified atom stereocenters. The summed E-state index contributed by atoms with van der Waals surface area (Å²) < 4.78 is 13.3. The zero-order valence-electron chi connectivity index (χ0n) is 19.6. The molecule has 0 fully saturated rings. The standard InChI is InChI=1S/C13H11FN2O.C6H14O2.2C2H6.BrH.H2/c1-9-2-4-10(5-3-9)16-13(17)11-6-7-15-8-12(11)14;1-5(2,7)6(3,4)8;2*1-2;;/h2-8H,1H3,(H,16,17);7-8H,1-4H3;2*1-2H3;2*1H. The van der Waals surface area contributed by atoms with E-state index in [1.54, 1.807) is 39.8 Å². The third kappa shape index (κ3) is 12.7. The molecule has 30 heavy (non-hydrogen) atoms. The van der Waals surface area contributed by atoms with Gasteiger partial charge in [-0.2, -0.15) is 0 Å². The summed E-state index contributed by atoms with van der Waals surface area (Å²) in [4.78, 5) is 15.3. The molecule has 0 aliphatic carbocycles. The molecular weight excluding hydrogens is 451 g/mol. The van der Waals surface area contributed by atoms with E-state index < -0.39 is 22.9 Å². The van der Waals surface area contributed by atoms with E-state index in [9.17, 15) is 9.18 Å². The molecule has 2 aromatic rings. The van der Waals surface area contributed by atoms with Crippen molar-refractivity contribution in [1.82, 2.24) is 4.98 Å². The van der Waals surface area contributed by atoms with E-state index in [1.165, 1.54) is 12.3 Å². The van der Waals surface area contributed by atoms with Crippen molar-refractivity contribution in [2.24, 2.45) is 0 Å². The largest absolute Gasteiger partial charge is 0.387 e. The van der Waals surface area contributed by atoms with Crippen LogP contribution in [0.1, 0.15) is 72.7 Å². The van der Waals surface area contributed by atoms with Crippen molar-refractivity contribution in [3.63, 3.8) is 0 Å². The van der Waals surface area contributed by atoms with E-state index in [4.69, 9.17) is 10.2 Å². The second kappa shape index (κ2) is 15.9. The predicted molar refractivity (Wildman–Crippen MR) is 131 cm³/mol. The van der Waals surface area contributed by atoms with E-state index in [0.29, 0.717) is 5.69 Å². The van der Waals surface area contributed by atoms with Crippen LogP contribution in [0.3, 0.4) is 0 Å². The lowest BCUT2D eigenvalue weighted by Crippen LogP contribution is -2.44. The van der Waals surface area contributed by atoms with Gasteiger partial charge >= 0.3 is 0 Å². The second-order valence-corrected chi connectivity index (χ2v) is 6.79. The lowest BCUT2D eigenvalue weighted by molar-refractivity contribution is -0.107. The number of halogens is 2. The van der Waals surface area contributed by atoms with Crippen LogP contribution in [0.2, 0.25) is 0 Å². The number of pyridine rings is 1. The summed E-state index contributed by atoms with van der Waals surface area (Å²) in [5.41, 5.74) is -0.296. The van der Waals surface area contributed by atoms with Crippen LogP contribution in [0.25, 0.3) is 0 Å². The molecule has 0 aliphatic rings. The smallest absolute Gasteiger partial charge is 0.258 e. The number of nitrogens with one attached hydrogen (secondary N) is 1. The van der Waals surface area contributed by atoms with Crippen molar-refractivity contribution in [2.45, 2.75) is 73.5 Å². The maximum absolute atomic E-state index is 13.3. The Morgan fingerprint density at radius 2 is 1.40 bits per heavy atom. The molecule has 7 heteroatoms. The third-order valence-electron chi connectivity index (χ3n) is 3.82. The summed E-state index contributed by atoms with van der Waals surface area (Å²) in [6, 6.07) is 8.63. The van der Waals surface area contributed by atoms with Gasteiger partial charge in [0, 0.05) is 13.3 Å². The highest BCUT2D eigenvalue weighted by atomic mass is 79.9. The van der Waals surface area contributed by atoms with E-state index >= 15 is 0 Å². The number of nitrogens with zero attached hydrogens (tertiary/aromatic N) is 1. The number of rotatable bonds is 3. The fraction of sp³-hybridized carbons (Fsp3) is 0.478. The van der Waals surface area contributed by atoms with Gasteiger partial charge in [0.2, 0.25) is 0 Å². The molecule has 174 valence electrons. The second-order valence-electron chi connectivity index (χ2n) is 6.79. The topological polar surface area (TPSA) is 82.5 Å². The normalized spacial score (nSPS) is 9.87. The maximum Gasteiger partial charge on any atom is 0.258 e. The number of carbonyl (C=O) groups excluding carboxylic acids is 1. The number of aromatic nitrogens is 1. The molecule has 0 aliphatic heterocycles. The Bertz CT molecular complexity index is 704. The van der Waals surface area contributed by atoms with E-state index in [1.807, 2.05) is 46.8 Å². The Kier molecular flexibility index (Phi) is 17.4. The first-order valence-electron chi connectivity index (χ1n) is 9.84. The molecule has 5 nitrogen and oxygen atoms in total. The van der Waals surface area contributed by atoms with E-state index in [0.717, 1.165) is 11.8 Å². The average Bonchev–Trinajstić information content (AvgIpc) is 2.66. The molecular formula is C23H40BrFN2O3. The highest BCUT2D eigenvalue weighted by molar-refractivity contribution is 8.93. The van der Waals surface area contributed by atoms with Gasteiger partial charge in [0.05, 0.1) is 23.0 Å². The molecule has 1 aromatic carbocycles. The van der Waals surface area contributed by atoms with Crippen molar-refractivity contribution < 1.29 is 20.8 Å². The number of benzene rings is 1. The Hall–Kier alpha value is -1.83. The van der Waals surface area contributed by atoms with Gasteiger partial charge in [-0.25, -0.2) is 4.39 Å². The number of amides is 1. The van der Waals surface area contributed by atoms with Crippen LogP contribution in [-0.2, 0) is 0 Å². The number of anilines is 1. The van der Waals surface area contributed by atoms with Gasteiger partial charge in [-0.1, -0.05) is 45.4 Å². The van der Waals surface area contributed by atoms with Gasteiger partial charge in [-0.3, -0.25) is 9.78 Å². The zero-order chi connectivity index (χ0) is 23.3. The van der Waals surface area contributed by atoms with E-state index in [2.05, 4.69) is 10.3 Å². The fourth-order valence-electron chi connectivity index (χ4n) is 1.39. The van der Waals surface area contributed by atoms with Gasteiger partial charge < -0.3 is 15.5 Å². The van der Waals surface area contributed by atoms with Gasteiger partial charge in [0.15, 0.2) is 5.82 Å². The van der Waals surface area contributed by atoms with Crippen LogP contribution in [0.15, 0.2) is 42.7 Å². The Balaban J connectivity index is -0.000000224. The molecule has 0 radical (unpaired) electrons. The summed E-state index contributed by atoms with van der Waals surface area (Å²) in [7, 11) is 0. The van der Waals surface area contributed by atoms with Gasteiger partial charge in [-0.05, 0) is 52.8 Å². The van der Waals surface area contributed by atoms with Crippen molar-refractivity contribution >= 4 is 28.6 Å². The van der Waals surface area contributed by atoms with Gasteiger partial charge in [0.25, 0.3) is 5.91 Å². The quantitative estimate of drug-likeness (QED) is 0.479. The van der Waals surface area contributed by atoms with Crippen molar-refractivity contribution in [3.05, 3.63) is 59.7 Å². The van der Waals surface area contributed by atoms with E-state index in [-0.39, 0.29) is 24.0 Å². The lowest BCUT2D eigenvalue weighted by Gasteiger charge is -2.31. The van der Waals surface area contributed by atoms with Crippen molar-refractivity contribution in [3.8, 4) is 0 Å². The monoisotopic (exact) mass is 490 g/mol. The first kappa shape index (κ1) is 32.8. The summed E-state index contributed by atoms with van der Waals surface area (Å²) >= 11 is 0. The average molecular weight is 491 g/mol. The number of hydrogen-bond donors (Lipinski definition) is 3. The highest BCUT2D eigenvalue weighted by Crippen LogP contribution is 2.19. The van der Waals surface area contributed by atoms with Gasteiger partial charge in [-0.15, -0.1) is 17.0 Å². The minimum absolute atomic E-state index is 0. The number of aliphatic hydroxyl groups is 2. The van der Waals surface area contributed by atoms with Crippen molar-refractivity contribution in [1.29, 1.82) is 0 Å². The van der Waals surface area contributed by atoms with Crippen LogP contribution < -0.4 is 5.32 Å². The zero-order valence-corrected chi connectivity index (χ0v) is 21.3. The summed E-state index contributed by atoms with van der Waals surface area (Å²) in [5.74, 6) is -1.11. The Labute approximate surface area is 193 Å². The first-order valence-corrected chi connectivity index (χ1v) is 9.84. The number of carbonyl (C=O) groups is 1. The molecule has 0 atom stereocenters. The van der Waals surface area contributed by atoms with Crippen molar-refractivity contribution in [2.75, 3.05) is 5.32 Å². The summed E-state index contributed by atoms with van der Waals surface area (Å²) in [6.45, 7) is 16.3. The molecule has 1 amide bonds. The molecule has 2 rings (SSSR count). The maximum atomic E-state index is 13.3. The minimum Gasteiger partial charge on any atom is -0.387 e. The highest BCUT2D eigenvalue weighted by Gasteiger charge is 2.31. The Morgan fingerprint density at radius 1 is 0.967 bits per heavy atom. The van der Waals surface area contributed by atoms with Crippen LogP contribution in [0, 0.1) is 12.7 Å². The lowest BCUT2D eigenvalue weighted by atomic mass is 9.90. The summed E-state index contributed by atoms with van der Waals surface area (Å²) in [6.07, 6.45) is 2.40. The Morgan fingerprint density at radius 3 is 1.77 bits per heavy atom. The van der Waals surface area contributed by atoms with Gasteiger partial charge in [0.1, 0.15) is 0 Å². The predicted octanol–water partition coefficient (Wildman–Crippen LogP) is 6.19. The fourth-order valence-corrected chi connectivity index (χ4v) is 1.39. The SMILES string of the molecule is Br.CC.CC.CC(C)(O)C(C)(C)O.Cc1ccc(NC(=O)c2ccncc2F)cc1.[HH]. The van der Waals surface area contributed by atoms with Crippen LogP contribution in [0.4, 0.5) is 10.1 Å². The molecule has 0 saturated heterocycles. The van der Waals surface area contributed by atoms with Crippen LogP contribution in [0.5, 0.6) is 0 Å². The first-order chi connectivity index (χ1) is 13.4. The molecule has 1 heterocycles. The van der Waals surface area contributed by atoms with Crippen LogP contribution >= 0.6 is 17.0 Å². The molecule has 1 aromatic heterocycles. The molecule has 0 spiro atoms. The third-order valence-corrected chi connectivity index (χ3v) is 3.82. The number of hydrogen-bond acceptors (Lipinski definition) is 4. The van der Waals surface area contributed by atoms with Crippen LogP contribution in [-0.4, -0.2) is 32.3 Å². The molecule has 0 saturated carbocycles. The molecule has 0 bridgehead atoms. The number of aryl methyl sites for hydroxylation is 1. The summed E-state index contributed by atoms with van der Waals surface area (Å²) in [5, 5.41) is 20.8. The minimum atomic E-state index is -1.01.